The zero-order valence-electron chi connectivity index (χ0n) is 9.99. The minimum absolute atomic E-state index is 0.00739. The Morgan fingerprint density at radius 3 is 2.40 bits per heavy atom. The van der Waals surface area contributed by atoms with Crippen molar-refractivity contribution in [2.45, 2.75) is 0 Å². The van der Waals surface area contributed by atoms with Crippen molar-refractivity contribution < 1.29 is 24.2 Å². The molecule has 0 atom stereocenters. The predicted molar refractivity (Wildman–Crippen MR) is 73.9 cm³/mol. The fourth-order valence-electron chi connectivity index (χ4n) is 1.29. The second-order valence-electron chi connectivity index (χ2n) is 3.52. The van der Waals surface area contributed by atoms with Crippen molar-refractivity contribution in [3.05, 3.63) is 26.7 Å². The summed E-state index contributed by atoms with van der Waals surface area (Å²) >= 11 is 17.6. The molecule has 0 spiro atoms. The molecular formula is C11H10Cl3NO5. The number of carbonyl (C=O) groups excluding carboxylic acids is 1. The van der Waals surface area contributed by atoms with E-state index in [-0.39, 0.29) is 39.6 Å². The molecule has 0 unspecified atom stereocenters. The van der Waals surface area contributed by atoms with E-state index in [1.54, 1.807) is 0 Å². The van der Waals surface area contributed by atoms with Crippen molar-refractivity contribution in [1.82, 2.24) is 0 Å². The molecule has 0 saturated heterocycles. The molecule has 0 aliphatic carbocycles. The van der Waals surface area contributed by atoms with Gasteiger partial charge in [-0.3, -0.25) is 4.79 Å². The normalized spacial score (nSPS) is 10.3. The van der Waals surface area contributed by atoms with Gasteiger partial charge >= 0.3 is 5.97 Å². The van der Waals surface area contributed by atoms with Crippen molar-refractivity contribution in [2.75, 3.05) is 19.8 Å². The summed E-state index contributed by atoms with van der Waals surface area (Å²) in [6.45, 7) is -0.446. The van der Waals surface area contributed by atoms with E-state index in [0.29, 0.717) is 0 Å². The van der Waals surface area contributed by atoms with Gasteiger partial charge < -0.3 is 20.3 Å². The fourth-order valence-corrected chi connectivity index (χ4v) is 2.35. The van der Waals surface area contributed by atoms with Gasteiger partial charge in [0.15, 0.2) is 5.75 Å². The average Bonchev–Trinajstić information content (AvgIpc) is 2.30. The highest BCUT2D eigenvalue weighted by molar-refractivity contribution is 6.43. The molecule has 0 aromatic heterocycles. The van der Waals surface area contributed by atoms with E-state index in [0.717, 1.165) is 0 Å². The zero-order chi connectivity index (χ0) is 15.3. The molecule has 1 aromatic rings. The van der Waals surface area contributed by atoms with E-state index in [1.807, 2.05) is 0 Å². The molecule has 110 valence electrons. The van der Waals surface area contributed by atoms with Crippen LogP contribution in [0.2, 0.25) is 15.1 Å². The highest BCUT2D eigenvalue weighted by Crippen LogP contribution is 2.39. The Labute approximate surface area is 129 Å². The van der Waals surface area contributed by atoms with Crippen molar-refractivity contribution in [1.29, 1.82) is 0 Å². The monoisotopic (exact) mass is 341 g/mol. The number of ether oxygens (including phenoxy) is 2. The quantitative estimate of drug-likeness (QED) is 0.740. The molecule has 0 radical (unpaired) electrons. The molecule has 0 aliphatic rings. The Bertz CT molecular complexity index is 535. The van der Waals surface area contributed by atoms with Crippen LogP contribution in [-0.2, 0) is 9.53 Å². The van der Waals surface area contributed by atoms with Crippen molar-refractivity contribution in [3.8, 4) is 5.75 Å². The second kappa shape index (κ2) is 7.54. The smallest absolute Gasteiger partial charge is 0.329 e. The zero-order valence-corrected chi connectivity index (χ0v) is 12.3. The summed E-state index contributed by atoms with van der Waals surface area (Å²) in [5, 5.41) is 8.38. The first-order valence-corrected chi connectivity index (χ1v) is 6.37. The molecule has 6 nitrogen and oxygen atoms in total. The Hall–Kier alpha value is -1.21. The number of aliphatic carboxylic acids is 1. The van der Waals surface area contributed by atoms with Gasteiger partial charge in [0.2, 0.25) is 0 Å². The number of amides is 1. The molecule has 1 aromatic carbocycles. The van der Waals surface area contributed by atoms with Crippen molar-refractivity contribution >= 4 is 46.7 Å². The van der Waals surface area contributed by atoms with Crippen LogP contribution in [0.15, 0.2) is 6.07 Å². The summed E-state index contributed by atoms with van der Waals surface area (Å²) in [7, 11) is 0. The van der Waals surface area contributed by atoms with E-state index in [4.69, 9.17) is 55.1 Å². The largest absolute Gasteiger partial charge is 0.488 e. The molecule has 0 bridgehead atoms. The maximum Gasteiger partial charge on any atom is 0.329 e. The lowest BCUT2D eigenvalue weighted by atomic mass is 10.2. The molecule has 20 heavy (non-hydrogen) atoms. The second-order valence-corrected chi connectivity index (χ2v) is 4.71. The third kappa shape index (κ3) is 4.42. The van der Waals surface area contributed by atoms with Gasteiger partial charge in [-0.05, 0) is 6.07 Å². The van der Waals surface area contributed by atoms with E-state index in [2.05, 4.69) is 0 Å². The van der Waals surface area contributed by atoms with Gasteiger partial charge in [-0.15, -0.1) is 0 Å². The van der Waals surface area contributed by atoms with Gasteiger partial charge in [0, 0.05) is 0 Å². The number of carboxylic acids is 1. The molecule has 0 heterocycles. The molecular weight excluding hydrogens is 332 g/mol. The lowest BCUT2D eigenvalue weighted by molar-refractivity contribution is -0.142. The summed E-state index contributed by atoms with van der Waals surface area (Å²) in [5.74, 6) is -1.88. The number of benzene rings is 1. The summed E-state index contributed by atoms with van der Waals surface area (Å²) in [5.41, 5.74) is 5.05. The van der Waals surface area contributed by atoms with Gasteiger partial charge in [-0.1, -0.05) is 34.8 Å². The third-order valence-corrected chi connectivity index (χ3v) is 3.01. The van der Waals surface area contributed by atoms with E-state index >= 15 is 0 Å². The Kier molecular flexibility index (Phi) is 6.35. The van der Waals surface area contributed by atoms with Crippen LogP contribution in [0, 0.1) is 0 Å². The number of primary amides is 1. The summed E-state index contributed by atoms with van der Waals surface area (Å²) in [6, 6.07) is 1.28. The summed E-state index contributed by atoms with van der Waals surface area (Å²) in [6.07, 6.45) is 0. The number of carboxylic acid groups (broad SMARTS) is 1. The Balaban J connectivity index is 2.77. The first-order valence-electron chi connectivity index (χ1n) is 5.24. The molecule has 3 N–H and O–H groups in total. The van der Waals surface area contributed by atoms with Crippen LogP contribution in [0.1, 0.15) is 10.4 Å². The highest BCUT2D eigenvalue weighted by atomic mass is 35.5. The number of carbonyl (C=O) groups is 2. The van der Waals surface area contributed by atoms with Gasteiger partial charge in [-0.2, -0.15) is 0 Å². The predicted octanol–water partition coefficient (Wildman–Crippen LogP) is 2.23. The van der Waals surface area contributed by atoms with Crippen molar-refractivity contribution in [2.24, 2.45) is 5.73 Å². The van der Waals surface area contributed by atoms with Gasteiger partial charge in [0.1, 0.15) is 13.2 Å². The minimum atomic E-state index is -1.09. The maximum absolute atomic E-state index is 11.2. The van der Waals surface area contributed by atoms with E-state index in [1.165, 1.54) is 6.07 Å². The molecule has 0 fully saturated rings. The highest BCUT2D eigenvalue weighted by Gasteiger charge is 2.20. The maximum atomic E-state index is 11.2. The number of rotatable bonds is 7. The van der Waals surface area contributed by atoms with Crippen molar-refractivity contribution in [3.63, 3.8) is 0 Å². The SMILES string of the molecule is NC(=O)c1c(Cl)cc(Cl)c(OCCOCC(=O)O)c1Cl. The number of hydrogen-bond acceptors (Lipinski definition) is 4. The van der Waals surface area contributed by atoms with Crippen LogP contribution in [-0.4, -0.2) is 36.8 Å². The number of halogens is 3. The van der Waals surface area contributed by atoms with Crippen LogP contribution >= 0.6 is 34.8 Å². The summed E-state index contributed by atoms with van der Waals surface area (Å²) < 4.78 is 10.0. The van der Waals surface area contributed by atoms with Crippen LogP contribution in [0.4, 0.5) is 0 Å². The average molecular weight is 343 g/mol. The van der Waals surface area contributed by atoms with Crippen LogP contribution in [0.25, 0.3) is 0 Å². The van der Waals surface area contributed by atoms with Gasteiger partial charge in [-0.25, -0.2) is 4.79 Å². The molecule has 0 aliphatic heterocycles. The first kappa shape index (κ1) is 16.8. The third-order valence-electron chi connectivity index (χ3n) is 2.07. The summed E-state index contributed by atoms with van der Waals surface area (Å²) in [4.78, 5) is 21.4. The molecule has 9 heteroatoms. The molecule has 1 rings (SSSR count). The van der Waals surface area contributed by atoms with Gasteiger partial charge in [0.05, 0.1) is 27.2 Å². The first-order chi connectivity index (χ1) is 9.34. The van der Waals surface area contributed by atoms with Crippen LogP contribution < -0.4 is 10.5 Å². The van der Waals surface area contributed by atoms with Gasteiger partial charge in [0.25, 0.3) is 5.91 Å². The Morgan fingerprint density at radius 2 is 1.85 bits per heavy atom. The number of hydrogen-bond donors (Lipinski definition) is 2. The fraction of sp³-hybridized carbons (Fsp3) is 0.273. The topological polar surface area (TPSA) is 98.9 Å². The lowest BCUT2D eigenvalue weighted by Crippen LogP contribution is -2.15. The standard InChI is InChI=1S/C11H10Cl3NO5/c12-5-3-6(13)10(9(14)8(5)11(15)18)20-2-1-19-4-7(16)17/h3H,1-2,4H2,(H2,15,18)(H,16,17). The van der Waals surface area contributed by atoms with Crippen LogP contribution in [0.3, 0.4) is 0 Å². The molecule has 0 saturated carbocycles. The van der Waals surface area contributed by atoms with E-state index < -0.39 is 18.5 Å². The lowest BCUT2D eigenvalue weighted by Gasteiger charge is -2.13. The molecule has 1 amide bonds. The number of nitrogens with two attached hydrogens (primary N) is 1. The minimum Gasteiger partial charge on any atom is -0.488 e. The Morgan fingerprint density at radius 1 is 1.20 bits per heavy atom. The van der Waals surface area contributed by atoms with E-state index in [9.17, 15) is 9.59 Å². The van der Waals surface area contributed by atoms with Crippen LogP contribution in [0.5, 0.6) is 5.75 Å².